The highest BCUT2D eigenvalue weighted by Crippen LogP contribution is 2.40. The average molecular weight is 433 g/mol. The Balaban J connectivity index is 1.66. The third kappa shape index (κ3) is 4.93. The fourth-order valence-electron chi connectivity index (χ4n) is 3.24. The van der Waals surface area contributed by atoms with Crippen molar-refractivity contribution < 1.29 is 28.5 Å². The molecule has 1 aliphatic rings. The summed E-state index contributed by atoms with van der Waals surface area (Å²) >= 11 is 0. The summed E-state index contributed by atoms with van der Waals surface area (Å²) in [4.78, 5) is 25.0. The van der Waals surface area contributed by atoms with Gasteiger partial charge in [-0.3, -0.25) is 0 Å². The molecule has 0 bridgehead atoms. The second kappa shape index (κ2) is 9.92. The number of aromatic nitrogens is 2. The lowest BCUT2D eigenvalue weighted by atomic mass is 10.2. The van der Waals surface area contributed by atoms with E-state index in [1.165, 1.54) is 35.5 Å². The van der Waals surface area contributed by atoms with Gasteiger partial charge in [0.1, 0.15) is 5.82 Å². The number of carbonyl (C=O) groups excluding carboxylic acids is 1. The standard InChI is InChI=1S/C20H27N5O6/c1-27-14-10-13(11-15(28-2)18(14)30-4)21-20(26)25-8-6-24(7-9-25)16-12-17(29-3)23-19(22-16)31-5/h10-12H,6-9H2,1-5H3,(H,21,26). The zero-order valence-electron chi connectivity index (χ0n) is 18.3. The number of hydrogen-bond acceptors (Lipinski definition) is 9. The molecule has 31 heavy (non-hydrogen) atoms. The molecule has 3 rings (SSSR count). The predicted molar refractivity (Wildman–Crippen MR) is 114 cm³/mol. The van der Waals surface area contributed by atoms with Crippen molar-refractivity contribution in [2.24, 2.45) is 0 Å². The number of benzene rings is 1. The molecule has 0 unspecified atom stereocenters. The molecular weight excluding hydrogens is 406 g/mol. The molecule has 1 N–H and O–H groups in total. The number of rotatable bonds is 7. The van der Waals surface area contributed by atoms with Crippen molar-refractivity contribution in [3.8, 4) is 29.1 Å². The first-order valence-electron chi connectivity index (χ1n) is 9.60. The molecule has 1 fully saturated rings. The molecule has 0 atom stereocenters. The number of ether oxygens (including phenoxy) is 5. The molecule has 11 heteroatoms. The van der Waals surface area contributed by atoms with Crippen LogP contribution in [0.3, 0.4) is 0 Å². The summed E-state index contributed by atoms with van der Waals surface area (Å²) in [5.74, 6) is 2.51. The Bertz CT molecular complexity index is 870. The van der Waals surface area contributed by atoms with Crippen molar-refractivity contribution in [1.82, 2.24) is 14.9 Å². The molecule has 168 valence electrons. The van der Waals surface area contributed by atoms with Crippen LogP contribution in [0.15, 0.2) is 18.2 Å². The van der Waals surface area contributed by atoms with Gasteiger partial charge in [0.2, 0.25) is 11.6 Å². The van der Waals surface area contributed by atoms with Gasteiger partial charge in [0, 0.05) is 44.4 Å². The smallest absolute Gasteiger partial charge is 0.321 e. The van der Waals surface area contributed by atoms with E-state index in [0.717, 1.165) is 0 Å². The maximum absolute atomic E-state index is 12.8. The molecule has 0 aliphatic carbocycles. The van der Waals surface area contributed by atoms with Gasteiger partial charge in [0.15, 0.2) is 11.5 Å². The highest BCUT2D eigenvalue weighted by atomic mass is 16.5. The van der Waals surface area contributed by atoms with Crippen LogP contribution in [0.25, 0.3) is 0 Å². The highest BCUT2D eigenvalue weighted by Gasteiger charge is 2.24. The van der Waals surface area contributed by atoms with Gasteiger partial charge in [0.05, 0.1) is 41.2 Å². The molecule has 2 aromatic rings. The zero-order valence-corrected chi connectivity index (χ0v) is 18.3. The lowest BCUT2D eigenvalue weighted by Gasteiger charge is -2.35. The van der Waals surface area contributed by atoms with E-state index >= 15 is 0 Å². The molecular formula is C20H27N5O6. The number of carbonyl (C=O) groups is 1. The third-order valence-corrected chi connectivity index (χ3v) is 4.87. The third-order valence-electron chi connectivity index (χ3n) is 4.87. The largest absolute Gasteiger partial charge is 0.493 e. The van der Waals surface area contributed by atoms with E-state index in [0.29, 0.717) is 60.8 Å². The zero-order chi connectivity index (χ0) is 22.4. The number of amides is 2. The molecule has 1 aromatic heterocycles. The molecule has 1 aromatic carbocycles. The van der Waals surface area contributed by atoms with Gasteiger partial charge in [-0.1, -0.05) is 0 Å². The van der Waals surface area contributed by atoms with Gasteiger partial charge < -0.3 is 38.8 Å². The highest BCUT2D eigenvalue weighted by molar-refractivity contribution is 5.90. The Kier molecular flexibility index (Phi) is 7.06. The minimum Gasteiger partial charge on any atom is -0.493 e. The quantitative estimate of drug-likeness (QED) is 0.700. The monoisotopic (exact) mass is 433 g/mol. The Morgan fingerprint density at radius 1 is 0.839 bits per heavy atom. The van der Waals surface area contributed by atoms with Gasteiger partial charge in [-0.15, -0.1) is 0 Å². The summed E-state index contributed by atoms with van der Waals surface area (Å²) in [5.41, 5.74) is 0.548. The number of urea groups is 1. The molecule has 2 heterocycles. The Hall–Kier alpha value is -3.63. The van der Waals surface area contributed by atoms with Crippen LogP contribution in [0, 0.1) is 0 Å². The fourth-order valence-corrected chi connectivity index (χ4v) is 3.24. The SMILES string of the molecule is COc1cc(N2CCN(C(=O)Nc3cc(OC)c(OC)c(OC)c3)CC2)nc(OC)n1. The molecule has 1 saturated heterocycles. The first kappa shape index (κ1) is 22.1. The van der Waals surface area contributed by atoms with E-state index in [9.17, 15) is 4.79 Å². The Labute approximate surface area is 180 Å². The summed E-state index contributed by atoms with van der Waals surface area (Å²) in [6.07, 6.45) is 0. The minimum absolute atomic E-state index is 0.216. The summed E-state index contributed by atoms with van der Waals surface area (Å²) in [6.45, 7) is 2.24. The maximum Gasteiger partial charge on any atom is 0.321 e. The molecule has 0 spiro atoms. The van der Waals surface area contributed by atoms with E-state index in [4.69, 9.17) is 23.7 Å². The number of anilines is 2. The summed E-state index contributed by atoms with van der Waals surface area (Å²) in [5, 5.41) is 2.89. The normalized spacial score (nSPS) is 13.5. The number of hydrogen-bond donors (Lipinski definition) is 1. The van der Waals surface area contributed by atoms with Crippen molar-refractivity contribution in [1.29, 1.82) is 0 Å². The van der Waals surface area contributed by atoms with E-state index in [1.54, 1.807) is 23.1 Å². The predicted octanol–water partition coefficient (Wildman–Crippen LogP) is 1.87. The van der Waals surface area contributed by atoms with Gasteiger partial charge >= 0.3 is 12.0 Å². The first-order valence-corrected chi connectivity index (χ1v) is 9.60. The van der Waals surface area contributed by atoms with Crippen molar-refractivity contribution >= 4 is 17.5 Å². The van der Waals surface area contributed by atoms with E-state index in [2.05, 4.69) is 20.2 Å². The van der Waals surface area contributed by atoms with Gasteiger partial charge in [-0.25, -0.2) is 4.79 Å². The fraction of sp³-hybridized carbons (Fsp3) is 0.450. The van der Waals surface area contributed by atoms with Crippen LogP contribution < -0.4 is 33.9 Å². The summed E-state index contributed by atoms with van der Waals surface area (Å²) in [7, 11) is 7.63. The topological polar surface area (TPSA) is 108 Å². The van der Waals surface area contributed by atoms with Crippen LogP contribution in [-0.2, 0) is 0 Å². The lowest BCUT2D eigenvalue weighted by molar-refractivity contribution is 0.208. The van der Waals surface area contributed by atoms with Gasteiger partial charge in [-0.05, 0) is 0 Å². The van der Waals surface area contributed by atoms with Crippen LogP contribution in [0.1, 0.15) is 0 Å². The van der Waals surface area contributed by atoms with Crippen molar-refractivity contribution in [3.63, 3.8) is 0 Å². The summed E-state index contributed by atoms with van der Waals surface area (Å²) < 4.78 is 26.3. The number of nitrogens with zero attached hydrogens (tertiary/aromatic N) is 4. The number of nitrogens with one attached hydrogen (secondary N) is 1. The average Bonchev–Trinajstić information content (AvgIpc) is 2.82. The van der Waals surface area contributed by atoms with E-state index in [-0.39, 0.29) is 12.0 Å². The summed E-state index contributed by atoms with van der Waals surface area (Å²) in [6, 6.07) is 5.14. The second-order valence-electron chi connectivity index (χ2n) is 6.57. The van der Waals surface area contributed by atoms with Gasteiger partial charge in [0.25, 0.3) is 0 Å². The van der Waals surface area contributed by atoms with Crippen molar-refractivity contribution in [3.05, 3.63) is 18.2 Å². The first-order chi connectivity index (χ1) is 15.0. The van der Waals surface area contributed by atoms with Crippen LogP contribution in [0.5, 0.6) is 29.1 Å². The molecule has 2 amide bonds. The Morgan fingerprint density at radius 3 is 2.00 bits per heavy atom. The lowest BCUT2D eigenvalue weighted by Crippen LogP contribution is -2.50. The van der Waals surface area contributed by atoms with Crippen molar-refractivity contribution in [2.75, 3.05) is 71.9 Å². The number of piperazine rings is 1. The minimum atomic E-state index is -0.216. The Morgan fingerprint density at radius 2 is 1.48 bits per heavy atom. The van der Waals surface area contributed by atoms with E-state index in [1.807, 2.05) is 0 Å². The second-order valence-corrected chi connectivity index (χ2v) is 6.57. The van der Waals surface area contributed by atoms with Crippen LogP contribution in [0.2, 0.25) is 0 Å². The maximum atomic E-state index is 12.8. The van der Waals surface area contributed by atoms with Crippen LogP contribution in [0.4, 0.5) is 16.3 Å². The van der Waals surface area contributed by atoms with Gasteiger partial charge in [-0.2, -0.15) is 9.97 Å². The van der Waals surface area contributed by atoms with E-state index < -0.39 is 0 Å². The van der Waals surface area contributed by atoms with Crippen molar-refractivity contribution in [2.45, 2.75) is 0 Å². The molecule has 11 nitrogen and oxygen atoms in total. The molecule has 1 aliphatic heterocycles. The molecule has 0 saturated carbocycles. The number of methoxy groups -OCH3 is 5. The van der Waals surface area contributed by atoms with Crippen LogP contribution >= 0.6 is 0 Å². The molecule has 0 radical (unpaired) electrons. The van der Waals surface area contributed by atoms with Crippen LogP contribution in [-0.4, -0.2) is 82.6 Å².